The highest BCUT2D eigenvalue weighted by Crippen LogP contribution is 2.23. The second kappa shape index (κ2) is 6.00. The maximum atomic E-state index is 11.2. The van der Waals surface area contributed by atoms with E-state index in [-0.39, 0.29) is 0 Å². The van der Waals surface area contributed by atoms with Gasteiger partial charge in [0.05, 0.1) is 19.3 Å². The van der Waals surface area contributed by atoms with Crippen LogP contribution in [0.3, 0.4) is 0 Å². The van der Waals surface area contributed by atoms with Gasteiger partial charge in [0.25, 0.3) is 5.91 Å². The predicted molar refractivity (Wildman–Crippen MR) is 61.9 cm³/mol. The third-order valence-corrected chi connectivity index (χ3v) is 2.21. The Morgan fingerprint density at radius 1 is 1.44 bits per heavy atom. The molecule has 0 atom stereocenters. The molecule has 0 aliphatic carbocycles. The fraction of sp³-hybridized carbons (Fsp3) is 0.417. The van der Waals surface area contributed by atoms with Crippen molar-refractivity contribution in [1.29, 1.82) is 0 Å². The van der Waals surface area contributed by atoms with Crippen LogP contribution in [0.1, 0.15) is 30.1 Å². The highest BCUT2D eigenvalue weighted by molar-refractivity contribution is 5.96. The van der Waals surface area contributed by atoms with Gasteiger partial charge in [0.2, 0.25) is 0 Å². The number of hydrogen-bond acceptors (Lipinski definition) is 3. The van der Waals surface area contributed by atoms with E-state index in [1.165, 1.54) is 7.11 Å². The van der Waals surface area contributed by atoms with Gasteiger partial charge in [0.15, 0.2) is 0 Å². The number of ether oxygens (including phenoxy) is 2. The number of benzene rings is 1. The minimum Gasteiger partial charge on any atom is -0.497 e. The van der Waals surface area contributed by atoms with Crippen LogP contribution in [0.15, 0.2) is 18.2 Å². The van der Waals surface area contributed by atoms with Gasteiger partial charge in [-0.05, 0) is 24.6 Å². The van der Waals surface area contributed by atoms with Crippen molar-refractivity contribution in [3.05, 3.63) is 23.8 Å². The van der Waals surface area contributed by atoms with Gasteiger partial charge in [-0.15, -0.1) is 0 Å². The summed E-state index contributed by atoms with van der Waals surface area (Å²) < 4.78 is 10.5. The molecule has 1 aromatic carbocycles. The molecule has 0 heterocycles. The topological polar surface area (TPSA) is 61.6 Å². The Morgan fingerprint density at radius 2 is 2.19 bits per heavy atom. The maximum absolute atomic E-state index is 11.2. The summed E-state index contributed by atoms with van der Waals surface area (Å²) in [5, 5.41) is 0. The quantitative estimate of drug-likeness (QED) is 0.750. The molecular weight excluding hydrogens is 206 g/mol. The fourth-order valence-corrected chi connectivity index (χ4v) is 1.28. The zero-order chi connectivity index (χ0) is 12.0. The first-order chi connectivity index (χ1) is 7.69. The van der Waals surface area contributed by atoms with Crippen molar-refractivity contribution in [1.82, 2.24) is 0 Å². The molecule has 0 aliphatic heterocycles. The molecule has 2 N–H and O–H groups in total. The molecule has 0 aliphatic rings. The van der Waals surface area contributed by atoms with Gasteiger partial charge in [-0.1, -0.05) is 13.3 Å². The summed E-state index contributed by atoms with van der Waals surface area (Å²) in [6.45, 7) is 2.66. The van der Waals surface area contributed by atoms with Crippen molar-refractivity contribution in [2.24, 2.45) is 5.73 Å². The van der Waals surface area contributed by atoms with Crippen molar-refractivity contribution in [2.75, 3.05) is 13.7 Å². The molecule has 0 spiro atoms. The van der Waals surface area contributed by atoms with E-state index in [0.29, 0.717) is 23.7 Å². The Morgan fingerprint density at radius 3 is 2.75 bits per heavy atom. The molecule has 4 heteroatoms. The summed E-state index contributed by atoms with van der Waals surface area (Å²) in [7, 11) is 1.54. The second-order valence-electron chi connectivity index (χ2n) is 3.43. The van der Waals surface area contributed by atoms with Crippen molar-refractivity contribution in [3.63, 3.8) is 0 Å². The summed E-state index contributed by atoms with van der Waals surface area (Å²) in [5.74, 6) is 0.601. The average molecular weight is 223 g/mol. The number of methoxy groups -OCH3 is 1. The lowest BCUT2D eigenvalue weighted by Gasteiger charge is -2.10. The maximum Gasteiger partial charge on any atom is 0.252 e. The normalized spacial score (nSPS) is 9.88. The first kappa shape index (κ1) is 12.4. The summed E-state index contributed by atoms with van der Waals surface area (Å²) >= 11 is 0. The SMILES string of the molecule is CCCCOc1ccc(OC)cc1C(N)=O. The van der Waals surface area contributed by atoms with Crippen LogP contribution < -0.4 is 15.2 Å². The van der Waals surface area contributed by atoms with E-state index in [0.717, 1.165) is 12.8 Å². The predicted octanol–water partition coefficient (Wildman–Crippen LogP) is 1.97. The fourth-order valence-electron chi connectivity index (χ4n) is 1.28. The van der Waals surface area contributed by atoms with Crippen LogP contribution in [0.25, 0.3) is 0 Å². The molecular formula is C12H17NO3. The van der Waals surface area contributed by atoms with Gasteiger partial charge in [0, 0.05) is 0 Å². The minimum atomic E-state index is -0.509. The third kappa shape index (κ3) is 3.15. The lowest BCUT2D eigenvalue weighted by atomic mass is 10.2. The number of carbonyl (C=O) groups excluding carboxylic acids is 1. The molecule has 0 aromatic heterocycles. The molecule has 0 saturated carbocycles. The molecule has 0 unspecified atom stereocenters. The number of unbranched alkanes of at least 4 members (excludes halogenated alkanes) is 1. The van der Waals surface area contributed by atoms with E-state index >= 15 is 0 Å². The van der Waals surface area contributed by atoms with E-state index in [4.69, 9.17) is 15.2 Å². The monoisotopic (exact) mass is 223 g/mol. The molecule has 0 saturated heterocycles. The summed E-state index contributed by atoms with van der Waals surface area (Å²) in [6.07, 6.45) is 1.99. The molecule has 16 heavy (non-hydrogen) atoms. The zero-order valence-corrected chi connectivity index (χ0v) is 9.66. The molecule has 0 radical (unpaired) electrons. The molecule has 1 rings (SSSR count). The first-order valence-electron chi connectivity index (χ1n) is 5.29. The molecule has 4 nitrogen and oxygen atoms in total. The number of rotatable bonds is 6. The number of hydrogen-bond donors (Lipinski definition) is 1. The van der Waals surface area contributed by atoms with Crippen LogP contribution in [0.2, 0.25) is 0 Å². The van der Waals surface area contributed by atoms with E-state index in [1.54, 1.807) is 18.2 Å². The van der Waals surface area contributed by atoms with Crippen LogP contribution in [-0.2, 0) is 0 Å². The van der Waals surface area contributed by atoms with Crippen molar-refractivity contribution in [3.8, 4) is 11.5 Å². The van der Waals surface area contributed by atoms with Gasteiger partial charge in [-0.2, -0.15) is 0 Å². The van der Waals surface area contributed by atoms with E-state index in [9.17, 15) is 4.79 Å². The molecule has 1 aromatic rings. The second-order valence-corrected chi connectivity index (χ2v) is 3.43. The minimum absolute atomic E-state index is 0.357. The smallest absolute Gasteiger partial charge is 0.252 e. The van der Waals surface area contributed by atoms with Crippen molar-refractivity contribution >= 4 is 5.91 Å². The first-order valence-corrected chi connectivity index (χ1v) is 5.29. The van der Waals surface area contributed by atoms with E-state index < -0.39 is 5.91 Å². The summed E-state index contributed by atoms with van der Waals surface area (Å²) in [4.78, 5) is 11.2. The van der Waals surface area contributed by atoms with Gasteiger partial charge in [0.1, 0.15) is 11.5 Å². The van der Waals surface area contributed by atoms with Crippen molar-refractivity contribution < 1.29 is 14.3 Å². The standard InChI is InChI=1S/C12H17NO3/c1-3-4-7-16-11-6-5-9(15-2)8-10(11)12(13)14/h5-6,8H,3-4,7H2,1-2H3,(H2,13,14). The largest absolute Gasteiger partial charge is 0.497 e. The van der Waals surface area contributed by atoms with Crippen LogP contribution in [0.4, 0.5) is 0 Å². The Labute approximate surface area is 95.3 Å². The Kier molecular flexibility index (Phi) is 4.64. The average Bonchev–Trinajstić information content (AvgIpc) is 2.29. The zero-order valence-electron chi connectivity index (χ0n) is 9.66. The van der Waals surface area contributed by atoms with Crippen LogP contribution in [0.5, 0.6) is 11.5 Å². The molecule has 0 fully saturated rings. The van der Waals surface area contributed by atoms with E-state index in [1.807, 2.05) is 0 Å². The highest BCUT2D eigenvalue weighted by atomic mass is 16.5. The third-order valence-electron chi connectivity index (χ3n) is 2.21. The highest BCUT2D eigenvalue weighted by Gasteiger charge is 2.10. The molecule has 1 amide bonds. The number of primary amides is 1. The van der Waals surface area contributed by atoms with Crippen LogP contribution in [0, 0.1) is 0 Å². The van der Waals surface area contributed by atoms with Gasteiger partial charge in [-0.3, -0.25) is 4.79 Å². The van der Waals surface area contributed by atoms with Crippen LogP contribution in [-0.4, -0.2) is 19.6 Å². The van der Waals surface area contributed by atoms with Gasteiger partial charge < -0.3 is 15.2 Å². The van der Waals surface area contributed by atoms with Gasteiger partial charge in [-0.25, -0.2) is 0 Å². The number of amides is 1. The van der Waals surface area contributed by atoms with Crippen molar-refractivity contribution in [2.45, 2.75) is 19.8 Å². The summed E-state index contributed by atoms with van der Waals surface area (Å²) in [6, 6.07) is 5.03. The van der Waals surface area contributed by atoms with Crippen LogP contribution >= 0.6 is 0 Å². The van der Waals surface area contributed by atoms with Gasteiger partial charge >= 0.3 is 0 Å². The van der Waals surface area contributed by atoms with E-state index in [2.05, 4.69) is 6.92 Å². The number of nitrogens with two attached hydrogens (primary N) is 1. The lowest BCUT2D eigenvalue weighted by molar-refractivity contribution is 0.0996. The molecule has 0 bridgehead atoms. The Bertz CT molecular complexity index is 363. The summed E-state index contributed by atoms with van der Waals surface area (Å²) in [5.41, 5.74) is 5.62. The Hall–Kier alpha value is -1.71. The number of carbonyl (C=O) groups is 1. The Balaban J connectivity index is 2.85. The molecule has 88 valence electrons. The lowest BCUT2D eigenvalue weighted by Crippen LogP contribution is -2.13.